The molecule has 14 heavy (non-hydrogen) atoms. The Labute approximate surface area is 82.4 Å². The van der Waals surface area contributed by atoms with Crippen LogP contribution in [0.5, 0.6) is 0 Å². The fraction of sp³-hybridized carbons (Fsp3) is 0.300. The van der Waals surface area contributed by atoms with Gasteiger partial charge in [0, 0.05) is 14.1 Å². The molecule has 0 aromatic heterocycles. The lowest BCUT2D eigenvalue weighted by Gasteiger charge is -2.38. The maximum atomic E-state index is 11.7. The average Bonchev–Trinajstić information content (AvgIpc) is 2.23. The summed E-state index contributed by atoms with van der Waals surface area (Å²) in [4.78, 5) is 14.7. The van der Waals surface area contributed by atoms with E-state index in [9.17, 15) is 9.90 Å². The van der Waals surface area contributed by atoms with Crippen molar-refractivity contribution >= 4 is 11.6 Å². The quantitative estimate of drug-likeness (QED) is 0.650. The zero-order valence-electron chi connectivity index (χ0n) is 8.14. The number of fused-ring (bicyclic) bond motifs is 1. The summed E-state index contributed by atoms with van der Waals surface area (Å²) in [6.45, 7) is 0. The van der Waals surface area contributed by atoms with Gasteiger partial charge in [0.1, 0.15) is 0 Å². The highest BCUT2D eigenvalue weighted by Gasteiger charge is 2.31. The molecular formula is C10H12N2O2. The summed E-state index contributed by atoms with van der Waals surface area (Å²) in [7, 11) is 3.34. The van der Waals surface area contributed by atoms with E-state index >= 15 is 0 Å². The van der Waals surface area contributed by atoms with Crippen molar-refractivity contribution < 1.29 is 9.90 Å². The van der Waals surface area contributed by atoms with Crippen LogP contribution in [0.15, 0.2) is 24.3 Å². The molecule has 0 fully saturated rings. The zero-order valence-corrected chi connectivity index (χ0v) is 8.14. The number of nitrogens with zero attached hydrogens (tertiary/aromatic N) is 2. The number of hydrogen-bond donors (Lipinski definition) is 1. The second-order valence-corrected chi connectivity index (χ2v) is 3.39. The highest BCUT2D eigenvalue weighted by atomic mass is 16.3. The molecule has 1 heterocycles. The van der Waals surface area contributed by atoms with E-state index in [1.807, 2.05) is 18.2 Å². The van der Waals surface area contributed by atoms with Crippen LogP contribution >= 0.6 is 0 Å². The van der Waals surface area contributed by atoms with Crippen molar-refractivity contribution in [2.45, 2.75) is 6.35 Å². The molecule has 1 aliphatic rings. The maximum absolute atomic E-state index is 11.7. The number of carbonyl (C=O) groups excluding carboxylic acids is 1. The lowest BCUT2D eigenvalue weighted by molar-refractivity contribution is 0.0165. The summed E-state index contributed by atoms with van der Waals surface area (Å²) in [5.74, 6) is -0.147. The number of benzene rings is 1. The Kier molecular flexibility index (Phi) is 1.93. The monoisotopic (exact) mass is 192 g/mol. The minimum absolute atomic E-state index is 0.147. The van der Waals surface area contributed by atoms with Crippen LogP contribution in [0.25, 0.3) is 0 Å². The van der Waals surface area contributed by atoms with E-state index < -0.39 is 6.35 Å². The molecule has 1 aromatic carbocycles. The molecule has 0 spiro atoms. The molecule has 74 valence electrons. The van der Waals surface area contributed by atoms with Gasteiger partial charge in [-0.25, -0.2) is 0 Å². The first-order chi connectivity index (χ1) is 6.63. The summed E-state index contributed by atoms with van der Waals surface area (Å²) in [6, 6.07) is 7.25. The van der Waals surface area contributed by atoms with Gasteiger partial charge in [-0.2, -0.15) is 0 Å². The molecule has 1 unspecified atom stereocenters. The fourth-order valence-electron chi connectivity index (χ4n) is 1.64. The molecule has 0 saturated heterocycles. The van der Waals surface area contributed by atoms with Crippen molar-refractivity contribution in [3.8, 4) is 0 Å². The van der Waals surface area contributed by atoms with Crippen LogP contribution in [-0.2, 0) is 0 Å². The molecule has 2 rings (SSSR count). The van der Waals surface area contributed by atoms with E-state index in [2.05, 4.69) is 0 Å². The molecule has 0 saturated carbocycles. The standard InChI is InChI=1S/C10H12N2O2/c1-11-8-6-4-3-5-7(8)9(13)12(2)10(11)14/h3-6,10,14H,1-2H3. The smallest absolute Gasteiger partial charge is 0.259 e. The normalized spacial score (nSPS) is 21.1. The lowest BCUT2D eigenvalue weighted by Crippen LogP contribution is -2.51. The van der Waals surface area contributed by atoms with E-state index in [0.29, 0.717) is 5.56 Å². The SMILES string of the molecule is CN1C(=O)c2ccccc2N(C)C1O. The third kappa shape index (κ3) is 1.08. The first-order valence-corrected chi connectivity index (χ1v) is 4.40. The Morgan fingerprint density at radius 3 is 2.57 bits per heavy atom. The summed E-state index contributed by atoms with van der Waals surface area (Å²) in [6.07, 6.45) is -0.877. The number of para-hydroxylation sites is 1. The predicted molar refractivity (Wildman–Crippen MR) is 52.9 cm³/mol. The second kappa shape index (κ2) is 2.99. The van der Waals surface area contributed by atoms with Crippen LogP contribution in [0.3, 0.4) is 0 Å². The highest BCUT2D eigenvalue weighted by Crippen LogP contribution is 2.27. The van der Waals surface area contributed by atoms with Gasteiger partial charge in [-0.1, -0.05) is 12.1 Å². The number of hydrogen-bond acceptors (Lipinski definition) is 3. The topological polar surface area (TPSA) is 43.8 Å². The second-order valence-electron chi connectivity index (χ2n) is 3.39. The van der Waals surface area contributed by atoms with E-state index in [1.54, 1.807) is 25.1 Å². The summed E-state index contributed by atoms with van der Waals surface area (Å²) >= 11 is 0. The molecule has 1 aliphatic heterocycles. The number of amides is 1. The van der Waals surface area contributed by atoms with Crippen molar-refractivity contribution in [1.82, 2.24) is 4.90 Å². The van der Waals surface area contributed by atoms with Crippen LogP contribution in [0, 0.1) is 0 Å². The van der Waals surface area contributed by atoms with Gasteiger partial charge in [0.15, 0.2) is 0 Å². The first kappa shape index (κ1) is 9.02. The zero-order chi connectivity index (χ0) is 10.3. The largest absolute Gasteiger partial charge is 0.356 e. The Hall–Kier alpha value is -1.55. The molecule has 0 bridgehead atoms. The van der Waals surface area contributed by atoms with Crippen LogP contribution in [0.1, 0.15) is 10.4 Å². The minimum Gasteiger partial charge on any atom is -0.356 e. The molecule has 1 atom stereocenters. The van der Waals surface area contributed by atoms with E-state index in [4.69, 9.17) is 0 Å². The number of carbonyl (C=O) groups is 1. The summed E-state index contributed by atoms with van der Waals surface area (Å²) in [5, 5.41) is 9.69. The van der Waals surface area contributed by atoms with Crippen molar-refractivity contribution in [3.63, 3.8) is 0 Å². The van der Waals surface area contributed by atoms with E-state index in [-0.39, 0.29) is 5.91 Å². The molecule has 0 aliphatic carbocycles. The molecule has 4 heteroatoms. The van der Waals surface area contributed by atoms with Gasteiger partial charge in [0.25, 0.3) is 5.91 Å². The summed E-state index contributed by atoms with van der Waals surface area (Å²) in [5.41, 5.74) is 1.39. The lowest BCUT2D eigenvalue weighted by atomic mass is 10.1. The van der Waals surface area contributed by atoms with E-state index in [0.717, 1.165) is 5.69 Å². The maximum Gasteiger partial charge on any atom is 0.259 e. The van der Waals surface area contributed by atoms with Crippen LogP contribution in [-0.4, -0.2) is 36.4 Å². The van der Waals surface area contributed by atoms with Gasteiger partial charge < -0.3 is 10.0 Å². The van der Waals surface area contributed by atoms with Crippen molar-refractivity contribution in [2.75, 3.05) is 19.0 Å². The molecule has 4 nitrogen and oxygen atoms in total. The predicted octanol–water partition coefficient (Wildman–Crippen LogP) is 0.484. The van der Waals surface area contributed by atoms with Gasteiger partial charge in [0.2, 0.25) is 6.35 Å². The van der Waals surface area contributed by atoms with Gasteiger partial charge in [-0.05, 0) is 12.1 Å². The van der Waals surface area contributed by atoms with Crippen molar-refractivity contribution in [3.05, 3.63) is 29.8 Å². The van der Waals surface area contributed by atoms with E-state index in [1.165, 1.54) is 4.90 Å². The third-order valence-electron chi connectivity index (χ3n) is 2.53. The van der Waals surface area contributed by atoms with Gasteiger partial charge >= 0.3 is 0 Å². The molecule has 1 aromatic rings. The first-order valence-electron chi connectivity index (χ1n) is 4.40. The van der Waals surface area contributed by atoms with Crippen molar-refractivity contribution in [1.29, 1.82) is 0 Å². The van der Waals surface area contributed by atoms with Gasteiger partial charge in [-0.15, -0.1) is 0 Å². The fourth-order valence-corrected chi connectivity index (χ4v) is 1.64. The number of aliphatic hydroxyl groups is 1. The number of rotatable bonds is 0. The molecule has 1 amide bonds. The minimum atomic E-state index is -0.877. The van der Waals surface area contributed by atoms with Gasteiger partial charge in [-0.3, -0.25) is 9.69 Å². The molecule has 1 N–H and O–H groups in total. The third-order valence-corrected chi connectivity index (χ3v) is 2.53. The Morgan fingerprint density at radius 2 is 1.86 bits per heavy atom. The molecule has 0 radical (unpaired) electrons. The van der Waals surface area contributed by atoms with Crippen LogP contribution < -0.4 is 4.90 Å². The number of aliphatic hydroxyl groups excluding tert-OH is 1. The van der Waals surface area contributed by atoms with Crippen LogP contribution in [0.4, 0.5) is 5.69 Å². The Morgan fingerprint density at radius 1 is 1.21 bits per heavy atom. The average molecular weight is 192 g/mol. The van der Waals surface area contributed by atoms with Crippen molar-refractivity contribution in [2.24, 2.45) is 0 Å². The Bertz CT molecular complexity index is 378. The highest BCUT2D eigenvalue weighted by molar-refractivity contribution is 6.01. The molecular weight excluding hydrogens is 180 g/mol. The van der Waals surface area contributed by atoms with Crippen LogP contribution in [0.2, 0.25) is 0 Å². The van der Waals surface area contributed by atoms with Gasteiger partial charge in [0.05, 0.1) is 11.3 Å². The number of anilines is 1. The Balaban J connectivity index is 2.56. The summed E-state index contributed by atoms with van der Waals surface area (Å²) < 4.78 is 0.